The van der Waals surface area contributed by atoms with Crippen LogP contribution in [0.25, 0.3) is 17.4 Å². The minimum absolute atomic E-state index is 0.0853. The number of nitrogens with one attached hydrogen (secondary N) is 1. The van der Waals surface area contributed by atoms with Gasteiger partial charge in [0.2, 0.25) is 0 Å². The SMILES string of the molecule is CC1=C(C#N)C(=O)NC(=O)/C1=C\c1ccc(-c2ccc(N=Nc3ccccc3)cc2)o1. The summed E-state index contributed by atoms with van der Waals surface area (Å²) in [7, 11) is 0. The normalized spacial score (nSPS) is 15.4. The second-order valence-electron chi connectivity index (χ2n) is 6.74. The van der Waals surface area contributed by atoms with Gasteiger partial charge in [-0.3, -0.25) is 14.9 Å². The summed E-state index contributed by atoms with van der Waals surface area (Å²) in [6.45, 7) is 1.56. The zero-order valence-corrected chi connectivity index (χ0v) is 16.5. The molecule has 0 bridgehead atoms. The Labute approximate surface area is 178 Å². The number of hydrogen-bond acceptors (Lipinski definition) is 6. The van der Waals surface area contributed by atoms with Crippen molar-refractivity contribution in [2.75, 3.05) is 0 Å². The predicted octanol–water partition coefficient (Wildman–Crippen LogP) is 5.24. The van der Waals surface area contributed by atoms with Gasteiger partial charge in [0, 0.05) is 11.1 Å². The molecule has 31 heavy (non-hydrogen) atoms. The third-order valence-electron chi connectivity index (χ3n) is 4.69. The van der Waals surface area contributed by atoms with Crippen LogP contribution in [0.15, 0.2) is 98.1 Å². The standard InChI is InChI=1S/C24H16N4O3/c1-15-20(23(29)26-24(30)21(15)14-25)13-19-11-12-22(31-19)16-7-9-18(10-8-16)28-27-17-5-3-2-4-6-17/h2-13H,1H3,(H,26,29,30)/b20-13-,28-27?. The zero-order valence-electron chi connectivity index (χ0n) is 16.5. The van der Waals surface area contributed by atoms with Gasteiger partial charge < -0.3 is 4.42 Å². The van der Waals surface area contributed by atoms with Crippen molar-refractivity contribution in [1.29, 1.82) is 5.26 Å². The number of azo groups is 1. The molecule has 1 N–H and O–H groups in total. The molecule has 0 fully saturated rings. The summed E-state index contributed by atoms with van der Waals surface area (Å²) < 4.78 is 5.83. The molecule has 1 aliphatic rings. The minimum Gasteiger partial charge on any atom is -0.457 e. The number of rotatable bonds is 4. The number of furan rings is 1. The molecule has 0 atom stereocenters. The first-order chi connectivity index (χ1) is 15.0. The highest BCUT2D eigenvalue weighted by molar-refractivity contribution is 6.19. The summed E-state index contributed by atoms with van der Waals surface area (Å²) in [4.78, 5) is 23.9. The van der Waals surface area contributed by atoms with Crippen molar-refractivity contribution in [2.45, 2.75) is 6.92 Å². The summed E-state index contributed by atoms with van der Waals surface area (Å²) in [6, 6.07) is 22.2. The first-order valence-corrected chi connectivity index (χ1v) is 9.41. The van der Waals surface area contributed by atoms with Crippen molar-refractivity contribution < 1.29 is 14.0 Å². The molecule has 1 aliphatic heterocycles. The number of nitrogens with zero attached hydrogens (tertiary/aromatic N) is 3. The maximum absolute atomic E-state index is 12.2. The van der Waals surface area contributed by atoms with Gasteiger partial charge in [-0.05, 0) is 67.1 Å². The van der Waals surface area contributed by atoms with Gasteiger partial charge in [0.05, 0.1) is 11.4 Å². The van der Waals surface area contributed by atoms with Gasteiger partial charge in [-0.25, -0.2) is 0 Å². The van der Waals surface area contributed by atoms with E-state index < -0.39 is 11.8 Å². The molecular formula is C24H16N4O3. The number of imide groups is 1. The number of nitriles is 1. The maximum atomic E-state index is 12.2. The lowest BCUT2D eigenvalue weighted by atomic mass is 9.96. The molecule has 0 radical (unpaired) electrons. The number of benzene rings is 2. The van der Waals surface area contributed by atoms with Crippen molar-refractivity contribution in [3.05, 3.63) is 89.2 Å². The second-order valence-corrected chi connectivity index (χ2v) is 6.74. The smallest absolute Gasteiger partial charge is 0.269 e. The van der Waals surface area contributed by atoms with E-state index in [0.717, 1.165) is 11.3 Å². The van der Waals surface area contributed by atoms with Crippen molar-refractivity contribution in [1.82, 2.24) is 5.32 Å². The van der Waals surface area contributed by atoms with Crippen LogP contribution in [0.3, 0.4) is 0 Å². The first kappa shape index (κ1) is 19.7. The average Bonchev–Trinajstić information content (AvgIpc) is 3.25. The Hall–Kier alpha value is -4.57. The van der Waals surface area contributed by atoms with Crippen LogP contribution >= 0.6 is 0 Å². The Morgan fingerprint density at radius 1 is 0.903 bits per heavy atom. The molecule has 0 unspecified atom stereocenters. The van der Waals surface area contributed by atoms with E-state index >= 15 is 0 Å². The van der Waals surface area contributed by atoms with Crippen molar-refractivity contribution in [3.63, 3.8) is 0 Å². The molecule has 0 spiro atoms. The molecule has 2 heterocycles. The fourth-order valence-electron chi connectivity index (χ4n) is 3.05. The fourth-order valence-corrected chi connectivity index (χ4v) is 3.05. The van der Waals surface area contributed by atoms with Crippen LogP contribution < -0.4 is 5.32 Å². The van der Waals surface area contributed by atoms with E-state index in [1.54, 1.807) is 19.1 Å². The first-order valence-electron chi connectivity index (χ1n) is 9.41. The summed E-state index contributed by atoms with van der Waals surface area (Å²) in [5, 5.41) is 19.7. The van der Waals surface area contributed by atoms with Gasteiger partial charge in [0.15, 0.2) is 0 Å². The van der Waals surface area contributed by atoms with Crippen LogP contribution in [-0.2, 0) is 9.59 Å². The van der Waals surface area contributed by atoms with Crippen molar-refractivity contribution >= 4 is 29.3 Å². The molecule has 2 aromatic carbocycles. The number of carbonyl (C=O) groups excluding carboxylic acids is 2. The van der Waals surface area contributed by atoms with Crippen LogP contribution in [0.4, 0.5) is 11.4 Å². The van der Waals surface area contributed by atoms with Gasteiger partial charge in [-0.15, -0.1) is 0 Å². The number of carbonyl (C=O) groups is 2. The van der Waals surface area contributed by atoms with Crippen LogP contribution in [0.1, 0.15) is 12.7 Å². The van der Waals surface area contributed by atoms with Gasteiger partial charge in [0.25, 0.3) is 11.8 Å². The fraction of sp³-hybridized carbons (Fsp3) is 0.0417. The van der Waals surface area contributed by atoms with Crippen LogP contribution in [0, 0.1) is 11.3 Å². The second kappa shape index (κ2) is 8.43. The Balaban J connectivity index is 1.55. The topological polar surface area (TPSA) is 108 Å². The number of hydrogen-bond donors (Lipinski definition) is 1. The summed E-state index contributed by atoms with van der Waals surface area (Å²) in [5.74, 6) is -0.217. The maximum Gasteiger partial charge on any atom is 0.269 e. The van der Waals surface area contributed by atoms with E-state index in [1.807, 2.05) is 60.7 Å². The highest BCUT2D eigenvalue weighted by atomic mass is 16.3. The van der Waals surface area contributed by atoms with E-state index in [9.17, 15) is 9.59 Å². The van der Waals surface area contributed by atoms with Gasteiger partial charge in [-0.1, -0.05) is 18.2 Å². The van der Waals surface area contributed by atoms with E-state index in [-0.39, 0.29) is 11.1 Å². The van der Waals surface area contributed by atoms with Gasteiger partial charge in [0.1, 0.15) is 23.2 Å². The Morgan fingerprint density at radius 2 is 1.58 bits per heavy atom. The molecule has 0 aliphatic carbocycles. The molecular weight excluding hydrogens is 392 g/mol. The predicted molar refractivity (Wildman–Crippen MR) is 114 cm³/mol. The third kappa shape index (κ3) is 4.23. The van der Waals surface area contributed by atoms with Crippen LogP contribution in [-0.4, -0.2) is 11.8 Å². The summed E-state index contributed by atoms with van der Waals surface area (Å²) >= 11 is 0. The Morgan fingerprint density at radius 3 is 2.26 bits per heavy atom. The van der Waals surface area contributed by atoms with Crippen LogP contribution in [0.5, 0.6) is 0 Å². The lowest BCUT2D eigenvalue weighted by Gasteiger charge is -2.15. The quantitative estimate of drug-likeness (QED) is 0.362. The molecule has 7 heteroatoms. The molecule has 7 nitrogen and oxygen atoms in total. The Bertz CT molecular complexity index is 1290. The molecule has 0 saturated heterocycles. The summed E-state index contributed by atoms with van der Waals surface area (Å²) in [5.41, 5.74) is 2.76. The highest BCUT2D eigenvalue weighted by Gasteiger charge is 2.27. The minimum atomic E-state index is -0.688. The summed E-state index contributed by atoms with van der Waals surface area (Å²) in [6.07, 6.45) is 1.51. The van der Waals surface area contributed by atoms with Gasteiger partial charge >= 0.3 is 0 Å². The van der Waals surface area contributed by atoms with E-state index in [0.29, 0.717) is 22.8 Å². The highest BCUT2D eigenvalue weighted by Crippen LogP contribution is 2.28. The molecule has 3 aromatic rings. The van der Waals surface area contributed by atoms with Crippen molar-refractivity contribution in [3.8, 4) is 17.4 Å². The molecule has 2 amide bonds. The average molecular weight is 408 g/mol. The molecule has 150 valence electrons. The lowest BCUT2D eigenvalue weighted by Crippen LogP contribution is -2.37. The molecule has 4 rings (SSSR count). The monoisotopic (exact) mass is 408 g/mol. The van der Waals surface area contributed by atoms with E-state index in [2.05, 4.69) is 15.5 Å². The van der Waals surface area contributed by atoms with E-state index in [1.165, 1.54) is 6.08 Å². The third-order valence-corrected chi connectivity index (χ3v) is 4.69. The lowest BCUT2D eigenvalue weighted by molar-refractivity contribution is -0.126. The van der Waals surface area contributed by atoms with Crippen LogP contribution in [0.2, 0.25) is 0 Å². The zero-order chi connectivity index (χ0) is 21.8. The Kier molecular flexibility index (Phi) is 5.37. The largest absolute Gasteiger partial charge is 0.457 e. The van der Waals surface area contributed by atoms with E-state index in [4.69, 9.17) is 9.68 Å². The van der Waals surface area contributed by atoms with Crippen molar-refractivity contribution in [2.24, 2.45) is 10.2 Å². The number of amides is 2. The molecule has 0 saturated carbocycles. The molecule has 1 aromatic heterocycles. The van der Waals surface area contributed by atoms with Gasteiger partial charge in [-0.2, -0.15) is 15.5 Å².